The number of hydrogen-bond acceptors (Lipinski definition) is 16. The molecule has 6 heterocycles. The van der Waals surface area contributed by atoms with Crippen molar-refractivity contribution in [1.29, 1.82) is 0 Å². The number of hydrogen-bond donors (Lipinski definition) is 2. The maximum atomic E-state index is 14.5. The van der Waals surface area contributed by atoms with Gasteiger partial charge in [-0.3, -0.25) is 4.74 Å². The Hall–Kier alpha value is -10.1. The molecule has 462 valence electrons. The molecule has 11 aromatic rings. The first-order chi connectivity index (χ1) is 44.3. The normalized spacial score (nSPS) is 17.9. The fourth-order valence-corrected chi connectivity index (χ4v) is 15.8. The van der Waals surface area contributed by atoms with Crippen LogP contribution in [0.1, 0.15) is 56.7 Å². The fourth-order valence-electron chi connectivity index (χ4n) is 10.7. The minimum Gasteiger partial charge on any atom is -0.508 e. The van der Waals surface area contributed by atoms with E-state index in [1.807, 2.05) is 48.5 Å². The highest BCUT2D eigenvalue weighted by Crippen LogP contribution is 2.40. The van der Waals surface area contributed by atoms with Crippen molar-refractivity contribution < 1.29 is 72.3 Å². The highest BCUT2D eigenvalue weighted by atomic mass is 32.2. The molecule has 0 saturated carbocycles. The van der Waals surface area contributed by atoms with Crippen molar-refractivity contribution in [3.63, 3.8) is 0 Å². The predicted octanol–water partition coefficient (Wildman–Crippen LogP) is 13.6. The molecule has 0 saturated heterocycles. The predicted molar refractivity (Wildman–Crippen MR) is 337 cm³/mol. The van der Waals surface area contributed by atoms with E-state index >= 15 is 0 Å². The van der Waals surface area contributed by atoms with Crippen molar-refractivity contribution in [2.45, 2.75) is 77.2 Å². The van der Waals surface area contributed by atoms with E-state index in [2.05, 4.69) is 0 Å². The van der Waals surface area contributed by atoms with Crippen LogP contribution in [0.4, 0.5) is 0 Å². The summed E-state index contributed by atoms with van der Waals surface area (Å²) in [5, 5.41) is 19.7. The molecule has 11 aromatic carbocycles. The number of ether oxygens (including phenoxy) is 6. The Bertz CT molecular complexity index is 5000. The van der Waals surface area contributed by atoms with Gasteiger partial charge in [-0.1, -0.05) is 72.8 Å². The fraction of sp³-hybridized carbons (Fsp3) is 0.0833. The zero-order valence-electron chi connectivity index (χ0n) is 48.4. The number of phenols is 2. The van der Waals surface area contributed by atoms with Gasteiger partial charge in [0.15, 0.2) is 0 Å². The van der Waals surface area contributed by atoms with Crippen LogP contribution in [0, 0.1) is 0 Å². The lowest BCUT2D eigenvalue weighted by Crippen LogP contribution is -2.42. The molecule has 6 aliphatic heterocycles. The van der Waals surface area contributed by atoms with Gasteiger partial charge in [0.2, 0.25) is 39.3 Å². The molecular weight excluding hydrogens is 1250 g/mol. The number of phenolic OH excluding ortho intramolecular Hbond substituents is 2. The molecule has 2 N–H and O–H groups in total. The van der Waals surface area contributed by atoms with Crippen LogP contribution in [0.15, 0.2) is 306 Å². The average Bonchev–Trinajstić information content (AvgIpc) is 0.829. The largest absolute Gasteiger partial charge is 0.508 e. The molecule has 1 spiro atoms. The van der Waals surface area contributed by atoms with Gasteiger partial charge in [0.05, 0.1) is 64.5 Å². The van der Waals surface area contributed by atoms with Crippen LogP contribution in [0.25, 0.3) is 0 Å². The topological polar surface area (TPSA) is 232 Å². The molecule has 3 atom stereocenters. The molecule has 0 amide bonds. The summed E-state index contributed by atoms with van der Waals surface area (Å²) in [7, 11) is -16.3. The Morgan fingerprint density at radius 2 is 0.674 bits per heavy atom. The van der Waals surface area contributed by atoms with Crippen LogP contribution < -0.4 is 18.9 Å². The third kappa shape index (κ3) is 12.5. The monoisotopic (exact) mass is 1300 g/mol. The molecular formula is C72H54O16S4. The Labute approximate surface area is 531 Å². The van der Waals surface area contributed by atoms with E-state index in [4.69, 9.17) is 28.4 Å². The standard InChI is InChI=1S/C72H54O16S4/c73-56-14-30-64(31-15-56)89(75,76)62-26-10-51(11-27-62)70-53-7-1-4-48(42-53)45-83-46-50-6-3-9-55(44-50)72(87-60-22-38-68(39-23-60)91(79,80)66-34-18-58(85-70)19-35-66)84-47-49-5-2-8-54(43-49)71(52-12-28-63(29-13-52)90(77,78)65-32-16-57(74)17-33-65)86-59-20-36-67(37-21-59)92(81,82)69-40-24-61(88-72)25-41-69/h1-44,70-71,73-74H,45-47H2. The van der Waals surface area contributed by atoms with Gasteiger partial charge in [0.1, 0.15) is 46.7 Å². The summed E-state index contributed by atoms with van der Waals surface area (Å²) in [5.74, 6) is -1.53. The molecule has 3 unspecified atom stereocenters. The highest BCUT2D eigenvalue weighted by Gasteiger charge is 2.41. The minimum atomic E-state index is -4.19. The van der Waals surface area contributed by atoms with Crippen LogP contribution in [-0.4, -0.2) is 43.9 Å². The third-order valence-electron chi connectivity index (χ3n) is 15.6. The van der Waals surface area contributed by atoms with Crippen molar-refractivity contribution in [2.24, 2.45) is 0 Å². The van der Waals surface area contributed by atoms with E-state index in [9.17, 15) is 43.9 Å². The SMILES string of the molecule is O=S1(=O)c2ccc(cc2)OC(c2ccc(S(=O)(=O)c3ccc(O)cc3)cc2)c2cccc(c2)COCc2cccc(c2)C2(OCc3cccc(c3)C(c3ccc(S(=O)(=O)c4ccc(O)cc4)cc3)Oc3ccc(cc3)S(=O)(=O)c3ccc(cc3)O2)Oc2ccc1cc2. The Kier molecular flexibility index (Phi) is 16.3. The van der Waals surface area contributed by atoms with Gasteiger partial charge >= 0.3 is 5.97 Å². The van der Waals surface area contributed by atoms with Crippen molar-refractivity contribution in [3.8, 4) is 34.5 Å². The number of rotatable bonds is 6. The molecule has 0 aromatic heterocycles. The Balaban J connectivity index is 0.883. The van der Waals surface area contributed by atoms with Gasteiger partial charge in [0.25, 0.3) is 0 Å². The second-order valence-electron chi connectivity index (χ2n) is 21.8. The van der Waals surface area contributed by atoms with Crippen LogP contribution in [0.5, 0.6) is 34.5 Å². The van der Waals surface area contributed by atoms with Gasteiger partial charge in [-0.15, -0.1) is 0 Å². The first-order valence-electron chi connectivity index (χ1n) is 28.7. The zero-order chi connectivity index (χ0) is 63.8. The second kappa shape index (κ2) is 24.6. The van der Waals surface area contributed by atoms with Crippen molar-refractivity contribution in [3.05, 3.63) is 311 Å². The summed E-state index contributed by atoms with van der Waals surface area (Å²) in [5.41, 5.74) is 4.72. The van der Waals surface area contributed by atoms with E-state index in [1.54, 1.807) is 72.8 Å². The van der Waals surface area contributed by atoms with E-state index in [1.165, 1.54) is 146 Å². The molecule has 0 fully saturated rings. The quantitative estimate of drug-likeness (QED) is 0.158. The minimum absolute atomic E-state index is 0.00295. The molecule has 16 nitrogen and oxygen atoms in total. The molecule has 14 bridgehead atoms. The highest BCUT2D eigenvalue weighted by molar-refractivity contribution is 7.92. The first kappa shape index (κ1) is 60.8. The molecule has 0 aliphatic carbocycles. The van der Waals surface area contributed by atoms with E-state index in [0.717, 1.165) is 5.56 Å². The van der Waals surface area contributed by atoms with Crippen LogP contribution in [0.3, 0.4) is 0 Å². The van der Waals surface area contributed by atoms with E-state index in [0.29, 0.717) is 50.4 Å². The van der Waals surface area contributed by atoms with Crippen LogP contribution in [-0.2, 0) is 74.6 Å². The van der Waals surface area contributed by atoms with Gasteiger partial charge < -0.3 is 33.9 Å². The van der Waals surface area contributed by atoms with Crippen LogP contribution >= 0.6 is 0 Å². The van der Waals surface area contributed by atoms with Gasteiger partial charge in [-0.25, -0.2) is 33.7 Å². The lowest BCUT2D eigenvalue weighted by Gasteiger charge is -2.34. The maximum Gasteiger partial charge on any atom is 0.401 e. The van der Waals surface area contributed by atoms with Gasteiger partial charge in [-0.05, 0) is 233 Å². The lowest BCUT2D eigenvalue weighted by atomic mass is 9.99. The molecule has 0 radical (unpaired) electrons. The number of aromatic hydroxyl groups is 2. The van der Waals surface area contributed by atoms with Crippen molar-refractivity contribution in [1.82, 2.24) is 0 Å². The van der Waals surface area contributed by atoms with Crippen molar-refractivity contribution >= 4 is 39.3 Å². The van der Waals surface area contributed by atoms with Crippen molar-refractivity contribution in [2.75, 3.05) is 0 Å². The molecule has 20 heteroatoms. The Morgan fingerprint density at radius 1 is 0.348 bits per heavy atom. The molecule has 92 heavy (non-hydrogen) atoms. The number of fused-ring (bicyclic) bond motifs is 4. The maximum absolute atomic E-state index is 14.5. The van der Waals surface area contributed by atoms with Crippen LogP contribution in [0.2, 0.25) is 0 Å². The van der Waals surface area contributed by atoms with Gasteiger partial charge in [0, 0.05) is 0 Å². The zero-order valence-corrected chi connectivity index (χ0v) is 51.7. The number of benzene rings is 11. The lowest BCUT2D eigenvalue weighted by molar-refractivity contribution is -0.319. The summed E-state index contributed by atoms with van der Waals surface area (Å²) in [6, 6.07) is 68.3. The average molecular weight is 1300 g/mol. The molecule has 17 rings (SSSR count). The third-order valence-corrected chi connectivity index (χ3v) is 22.7. The van der Waals surface area contributed by atoms with E-state index < -0.39 is 57.5 Å². The Morgan fingerprint density at radius 3 is 1.05 bits per heavy atom. The smallest absolute Gasteiger partial charge is 0.401 e. The molecule has 6 aliphatic rings. The second-order valence-corrected chi connectivity index (χ2v) is 29.6. The summed E-state index contributed by atoms with van der Waals surface area (Å²) < 4.78 is 153. The summed E-state index contributed by atoms with van der Waals surface area (Å²) in [6.45, 7) is -0.0330. The van der Waals surface area contributed by atoms with E-state index in [-0.39, 0.29) is 82.0 Å². The summed E-state index contributed by atoms with van der Waals surface area (Å²) >= 11 is 0. The number of sulfone groups is 4. The van der Waals surface area contributed by atoms with Gasteiger partial charge in [-0.2, -0.15) is 0 Å². The summed E-state index contributed by atoms with van der Waals surface area (Å²) in [6.07, 6.45) is -1.73. The summed E-state index contributed by atoms with van der Waals surface area (Å²) in [4.78, 5) is -0.189. The first-order valence-corrected chi connectivity index (χ1v) is 34.6.